The van der Waals surface area contributed by atoms with Crippen LogP contribution in [-0.2, 0) is 17.6 Å². The van der Waals surface area contributed by atoms with Crippen LogP contribution in [0.15, 0.2) is 35.3 Å². The topological polar surface area (TPSA) is 59.7 Å². The molecule has 1 aromatic heterocycles. The quantitative estimate of drug-likeness (QED) is 0.824. The van der Waals surface area contributed by atoms with Gasteiger partial charge in [0.1, 0.15) is 12.2 Å². The first kappa shape index (κ1) is 12.2. The van der Waals surface area contributed by atoms with Crippen LogP contribution in [0.1, 0.15) is 11.3 Å². The summed E-state index contributed by atoms with van der Waals surface area (Å²) in [5.74, 6) is 0.117. The van der Waals surface area contributed by atoms with Crippen LogP contribution in [-0.4, -0.2) is 18.2 Å². The van der Waals surface area contributed by atoms with Crippen LogP contribution in [0.5, 0.6) is 5.75 Å². The molecule has 0 spiro atoms. The summed E-state index contributed by atoms with van der Waals surface area (Å²) >= 11 is 0. The molecule has 4 nitrogen and oxygen atoms in total. The lowest BCUT2D eigenvalue weighted by molar-refractivity contribution is -0.136. The molecule has 1 N–H and O–H groups in total. The highest BCUT2D eigenvalue weighted by atomic mass is 16.5. The van der Waals surface area contributed by atoms with E-state index in [-0.39, 0.29) is 6.42 Å². The average Bonchev–Trinajstić information content (AvgIpc) is 2.69. The maximum atomic E-state index is 10.7. The molecule has 0 atom stereocenters. The number of allylic oxidation sites excluding steroid dienone is 1. The van der Waals surface area contributed by atoms with Crippen molar-refractivity contribution < 1.29 is 19.1 Å². The normalized spacial score (nSPS) is 10.5. The van der Waals surface area contributed by atoms with E-state index in [2.05, 4.69) is 6.58 Å². The predicted molar refractivity (Wildman–Crippen MR) is 68.0 cm³/mol. The Morgan fingerprint density at radius 1 is 1.50 bits per heavy atom. The van der Waals surface area contributed by atoms with Crippen molar-refractivity contribution in [1.82, 2.24) is 0 Å². The fraction of sp³-hybridized carbons (Fsp3) is 0.214. The van der Waals surface area contributed by atoms with Crippen LogP contribution in [0.3, 0.4) is 0 Å². The number of hydrogen-bond acceptors (Lipinski definition) is 3. The molecule has 1 heterocycles. The van der Waals surface area contributed by atoms with Crippen LogP contribution in [0.4, 0.5) is 0 Å². The fourth-order valence-electron chi connectivity index (χ4n) is 1.91. The Labute approximate surface area is 104 Å². The molecule has 0 saturated heterocycles. The minimum atomic E-state index is -0.917. The van der Waals surface area contributed by atoms with E-state index in [1.807, 2.05) is 12.1 Å². The summed E-state index contributed by atoms with van der Waals surface area (Å²) < 4.78 is 10.8. The first-order valence-corrected chi connectivity index (χ1v) is 5.56. The second-order valence-corrected chi connectivity index (χ2v) is 3.99. The highest BCUT2D eigenvalue weighted by molar-refractivity contribution is 5.85. The van der Waals surface area contributed by atoms with Crippen molar-refractivity contribution in [2.45, 2.75) is 12.8 Å². The van der Waals surface area contributed by atoms with Gasteiger partial charge in [-0.05, 0) is 30.2 Å². The highest BCUT2D eigenvalue weighted by Crippen LogP contribution is 2.31. The summed E-state index contributed by atoms with van der Waals surface area (Å²) in [6, 6.07) is 5.56. The molecular weight excluding hydrogens is 232 g/mol. The molecule has 4 heteroatoms. The lowest BCUT2D eigenvalue weighted by Crippen LogP contribution is -1.97. The first-order chi connectivity index (χ1) is 8.63. The van der Waals surface area contributed by atoms with Crippen LogP contribution in [0.2, 0.25) is 0 Å². The highest BCUT2D eigenvalue weighted by Gasteiger charge is 2.12. The standard InChI is InChI=1S/C14H14O4/c1-3-4-9-5-10-7-11(8-13(15)16)18-14(10)12(6-9)17-2/h3,5-7H,1,4,8H2,2H3,(H,15,16). The van der Waals surface area contributed by atoms with E-state index in [1.165, 1.54) is 0 Å². The van der Waals surface area contributed by atoms with Gasteiger partial charge in [0, 0.05) is 5.39 Å². The van der Waals surface area contributed by atoms with Gasteiger partial charge in [-0.15, -0.1) is 6.58 Å². The van der Waals surface area contributed by atoms with Gasteiger partial charge in [-0.25, -0.2) is 0 Å². The minimum Gasteiger partial charge on any atom is -0.493 e. The largest absolute Gasteiger partial charge is 0.493 e. The molecule has 0 bridgehead atoms. The Morgan fingerprint density at radius 3 is 2.89 bits per heavy atom. The predicted octanol–water partition coefficient (Wildman–Crippen LogP) is 2.80. The SMILES string of the molecule is C=CCc1cc(OC)c2oc(CC(=O)O)cc2c1. The van der Waals surface area contributed by atoms with Crippen molar-refractivity contribution in [3.05, 3.63) is 42.2 Å². The average molecular weight is 246 g/mol. The maximum Gasteiger partial charge on any atom is 0.311 e. The molecule has 0 fully saturated rings. The summed E-state index contributed by atoms with van der Waals surface area (Å²) in [6.45, 7) is 3.69. The third kappa shape index (κ3) is 2.37. The summed E-state index contributed by atoms with van der Waals surface area (Å²) in [5, 5.41) is 9.60. The summed E-state index contributed by atoms with van der Waals surface area (Å²) in [4.78, 5) is 10.7. The third-order valence-corrected chi connectivity index (χ3v) is 2.62. The Hall–Kier alpha value is -2.23. The number of methoxy groups -OCH3 is 1. The van der Waals surface area contributed by atoms with Crippen molar-refractivity contribution in [2.24, 2.45) is 0 Å². The van der Waals surface area contributed by atoms with E-state index >= 15 is 0 Å². The van der Waals surface area contributed by atoms with Crippen molar-refractivity contribution in [3.63, 3.8) is 0 Å². The molecule has 0 aliphatic rings. The second-order valence-electron chi connectivity index (χ2n) is 3.99. The second kappa shape index (κ2) is 4.96. The third-order valence-electron chi connectivity index (χ3n) is 2.62. The zero-order chi connectivity index (χ0) is 13.1. The van der Waals surface area contributed by atoms with E-state index in [1.54, 1.807) is 19.3 Å². The van der Waals surface area contributed by atoms with Crippen molar-refractivity contribution in [3.8, 4) is 5.75 Å². The van der Waals surface area contributed by atoms with Gasteiger partial charge in [0.2, 0.25) is 0 Å². The number of ether oxygens (including phenoxy) is 1. The van der Waals surface area contributed by atoms with Gasteiger partial charge in [0.05, 0.1) is 7.11 Å². The van der Waals surface area contributed by atoms with Gasteiger partial charge >= 0.3 is 5.97 Å². The van der Waals surface area contributed by atoms with Gasteiger partial charge in [-0.1, -0.05) is 6.08 Å². The van der Waals surface area contributed by atoms with E-state index in [4.69, 9.17) is 14.3 Å². The number of rotatable bonds is 5. The number of furan rings is 1. The fourth-order valence-corrected chi connectivity index (χ4v) is 1.91. The number of aliphatic carboxylic acids is 1. The molecule has 0 aliphatic heterocycles. The number of carboxylic acids is 1. The molecule has 2 aromatic rings. The molecule has 1 aromatic carbocycles. The van der Waals surface area contributed by atoms with E-state index in [0.29, 0.717) is 17.1 Å². The number of benzene rings is 1. The lowest BCUT2D eigenvalue weighted by atomic mass is 10.1. The zero-order valence-electron chi connectivity index (χ0n) is 10.1. The van der Waals surface area contributed by atoms with Crippen molar-refractivity contribution in [1.29, 1.82) is 0 Å². The van der Waals surface area contributed by atoms with Crippen LogP contribution in [0, 0.1) is 0 Å². The number of carboxylic acid groups (broad SMARTS) is 1. The Bertz CT molecular complexity index is 595. The maximum absolute atomic E-state index is 10.7. The van der Waals surface area contributed by atoms with Crippen LogP contribution >= 0.6 is 0 Å². The molecule has 0 amide bonds. The molecule has 2 rings (SSSR count). The molecular formula is C14H14O4. The van der Waals surface area contributed by atoms with Gasteiger partial charge < -0.3 is 14.3 Å². The Morgan fingerprint density at radius 2 is 2.28 bits per heavy atom. The van der Waals surface area contributed by atoms with E-state index in [9.17, 15) is 4.79 Å². The monoisotopic (exact) mass is 246 g/mol. The smallest absolute Gasteiger partial charge is 0.311 e. The number of hydrogen-bond donors (Lipinski definition) is 1. The number of carbonyl (C=O) groups is 1. The van der Waals surface area contributed by atoms with Gasteiger partial charge in [-0.3, -0.25) is 4.79 Å². The lowest BCUT2D eigenvalue weighted by Gasteiger charge is -2.03. The summed E-state index contributed by atoms with van der Waals surface area (Å²) in [5.41, 5.74) is 1.64. The van der Waals surface area contributed by atoms with E-state index < -0.39 is 5.97 Å². The van der Waals surface area contributed by atoms with Crippen molar-refractivity contribution in [2.75, 3.05) is 7.11 Å². The number of fused-ring (bicyclic) bond motifs is 1. The summed E-state index contributed by atoms with van der Waals surface area (Å²) in [7, 11) is 1.56. The Balaban J connectivity index is 2.52. The minimum absolute atomic E-state index is 0.130. The molecule has 0 aliphatic carbocycles. The van der Waals surface area contributed by atoms with Gasteiger partial charge in [0.25, 0.3) is 0 Å². The molecule has 94 valence electrons. The zero-order valence-corrected chi connectivity index (χ0v) is 10.1. The molecule has 0 radical (unpaired) electrons. The first-order valence-electron chi connectivity index (χ1n) is 5.56. The van der Waals surface area contributed by atoms with Crippen molar-refractivity contribution >= 4 is 16.9 Å². The summed E-state index contributed by atoms with van der Waals surface area (Å²) in [6.07, 6.45) is 2.40. The van der Waals surface area contributed by atoms with Gasteiger partial charge in [-0.2, -0.15) is 0 Å². The molecule has 0 saturated carbocycles. The Kier molecular flexibility index (Phi) is 3.37. The van der Waals surface area contributed by atoms with Gasteiger partial charge in [0.15, 0.2) is 11.3 Å². The van der Waals surface area contributed by atoms with E-state index in [0.717, 1.165) is 17.4 Å². The van der Waals surface area contributed by atoms with Crippen LogP contribution in [0.25, 0.3) is 11.0 Å². The van der Waals surface area contributed by atoms with Crippen LogP contribution < -0.4 is 4.74 Å². The molecule has 18 heavy (non-hydrogen) atoms. The molecule has 0 unspecified atom stereocenters.